The molecule has 28 heavy (non-hydrogen) atoms. The van der Waals surface area contributed by atoms with Gasteiger partial charge in [0.15, 0.2) is 5.78 Å². The molecule has 0 aromatic carbocycles. The van der Waals surface area contributed by atoms with E-state index in [9.17, 15) is 9.59 Å². The Morgan fingerprint density at radius 2 is 1.79 bits per heavy atom. The Kier molecular flexibility index (Phi) is 2.75. The van der Waals surface area contributed by atoms with E-state index in [1.807, 2.05) is 0 Å². The van der Waals surface area contributed by atoms with Crippen LogP contribution in [0.5, 0.6) is 0 Å². The highest BCUT2D eigenvalue weighted by molar-refractivity contribution is 5.92. The van der Waals surface area contributed by atoms with Crippen molar-refractivity contribution in [3.05, 3.63) is 11.6 Å². The molecule has 1 heterocycles. The molecule has 1 aliphatic heterocycles. The predicted molar refractivity (Wildman–Crippen MR) is 104 cm³/mol. The second kappa shape index (κ2) is 4.62. The molecule has 6 fully saturated rings. The van der Waals surface area contributed by atoms with E-state index in [2.05, 4.69) is 19.9 Å². The quantitative estimate of drug-likeness (QED) is 0.565. The maximum atomic E-state index is 12.3. The van der Waals surface area contributed by atoms with Gasteiger partial charge in [-0.15, -0.1) is 0 Å². The summed E-state index contributed by atoms with van der Waals surface area (Å²) in [6, 6.07) is 0. The van der Waals surface area contributed by atoms with E-state index in [1.165, 1.54) is 38.5 Å². The first-order valence-electron chi connectivity index (χ1n) is 11.8. The Labute approximate surface area is 167 Å². The van der Waals surface area contributed by atoms with Crippen molar-refractivity contribution in [1.29, 1.82) is 0 Å². The minimum atomic E-state index is -0.138. The highest BCUT2D eigenvalue weighted by Gasteiger charge is 2.80. The Morgan fingerprint density at radius 3 is 2.50 bits per heavy atom. The average Bonchev–Trinajstić information content (AvgIpc) is 3.55. The molecular weight excluding hydrogens is 348 g/mol. The van der Waals surface area contributed by atoms with Crippen LogP contribution in [0, 0.1) is 45.8 Å². The van der Waals surface area contributed by atoms with Crippen LogP contribution in [0.4, 0.5) is 0 Å². The van der Waals surface area contributed by atoms with Crippen LogP contribution in [0.3, 0.4) is 0 Å². The first-order valence-corrected chi connectivity index (χ1v) is 11.8. The van der Waals surface area contributed by atoms with Crippen LogP contribution in [0.1, 0.15) is 78.1 Å². The first-order chi connectivity index (χ1) is 13.3. The number of fused-ring (bicyclic) bond motifs is 10. The zero-order valence-corrected chi connectivity index (χ0v) is 17.3. The van der Waals surface area contributed by atoms with Crippen LogP contribution in [0.25, 0.3) is 0 Å². The molecule has 7 aliphatic rings. The summed E-state index contributed by atoms with van der Waals surface area (Å²) in [6.07, 6.45) is 13.2. The molecule has 3 unspecified atom stereocenters. The number of ether oxygens (including phenoxy) is 1. The smallest absolute Gasteiger partial charge is 0.306 e. The minimum absolute atomic E-state index is 0.0555. The lowest BCUT2D eigenvalue weighted by molar-refractivity contribution is -0.178. The molecule has 150 valence electrons. The van der Waals surface area contributed by atoms with E-state index in [4.69, 9.17) is 4.74 Å². The number of esters is 1. The summed E-state index contributed by atoms with van der Waals surface area (Å²) in [7, 11) is 0. The second-order valence-corrected chi connectivity index (χ2v) is 12.0. The highest BCUT2D eigenvalue weighted by Crippen LogP contribution is 2.81. The Bertz CT molecular complexity index is 852. The lowest BCUT2D eigenvalue weighted by Gasteiger charge is -2.62. The fourth-order valence-corrected chi connectivity index (χ4v) is 9.98. The van der Waals surface area contributed by atoms with E-state index in [-0.39, 0.29) is 22.4 Å². The van der Waals surface area contributed by atoms with Crippen LogP contribution >= 0.6 is 0 Å². The Hall–Kier alpha value is -1.12. The third-order valence-electron chi connectivity index (χ3n) is 11.2. The monoisotopic (exact) mass is 380 g/mol. The summed E-state index contributed by atoms with van der Waals surface area (Å²) in [5.41, 5.74) is 2.18. The van der Waals surface area contributed by atoms with E-state index >= 15 is 0 Å². The number of carbonyl (C=O) groups excluding carboxylic acids is 2. The standard InChI is InChI=1S/C25H32O3/c1-22-6-3-14(26)11-19(22)24(9-10-24)13-16-17(22)4-7-23(2)21(16)15-12-18(15)25(23)8-5-20(27)28-25/h11,15-18,21H,3-10,12-13H2,1-2H3/t15-,16?,17?,18+,21?,22-,23+,25+/m1/s1. The lowest BCUT2D eigenvalue weighted by atomic mass is 9.43. The van der Waals surface area contributed by atoms with Gasteiger partial charge in [-0.1, -0.05) is 19.4 Å². The van der Waals surface area contributed by atoms with Crippen LogP contribution in [-0.2, 0) is 14.3 Å². The summed E-state index contributed by atoms with van der Waals surface area (Å²) < 4.78 is 6.23. The third kappa shape index (κ3) is 1.64. The molecule has 6 aliphatic carbocycles. The number of hydrogen-bond acceptors (Lipinski definition) is 3. The molecule has 0 aromatic rings. The topological polar surface area (TPSA) is 43.4 Å². The van der Waals surface area contributed by atoms with Crippen LogP contribution in [0.2, 0.25) is 0 Å². The van der Waals surface area contributed by atoms with Crippen LogP contribution in [-0.4, -0.2) is 17.4 Å². The van der Waals surface area contributed by atoms with Gasteiger partial charge in [-0.3, -0.25) is 9.59 Å². The summed E-state index contributed by atoms with van der Waals surface area (Å²) in [6.45, 7) is 5.01. The van der Waals surface area contributed by atoms with Gasteiger partial charge < -0.3 is 4.74 Å². The zero-order valence-electron chi connectivity index (χ0n) is 17.3. The van der Waals surface area contributed by atoms with E-state index in [0.717, 1.165) is 42.9 Å². The molecule has 8 atom stereocenters. The van der Waals surface area contributed by atoms with Crippen molar-refractivity contribution < 1.29 is 14.3 Å². The van der Waals surface area contributed by atoms with Crippen molar-refractivity contribution >= 4 is 11.8 Å². The van der Waals surface area contributed by atoms with E-state index < -0.39 is 0 Å². The minimum Gasteiger partial charge on any atom is -0.458 e. The SMILES string of the molecule is C[C@]12CCC(=O)C=C1C1(CC1)CC1C2CC[C@@]2(C)C1[C@@H]1C[C@@H]1[C@@]21CCC(=O)O1. The predicted octanol–water partition coefficient (Wildman–Crippen LogP) is 4.84. The lowest BCUT2D eigenvalue weighted by Crippen LogP contribution is -2.58. The molecule has 3 nitrogen and oxygen atoms in total. The summed E-state index contributed by atoms with van der Waals surface area (Å²) in [5, 5.41) is 0. The fraction of sp³-hybridized carbons (Fsp3) is 0.840. The molecule has 0 bridgehead atoms. The third-order valence-corrected chi connectivity index (χ3v) is 11.2. The molecular formula is C25H32O3. The average molecular weight is 381 g/mol. The summed E-state index contributed by atoms with van der Waals surface area (Å²) in [5.74, 6) is 4.09. The van der Waals surface area contributed by atoms with E-state index in [1.54, 1.807) is 5.57 Å². The van der Waals surface area contributed by atoms with Crippen molar-refractivity contribution in [2.75, 3.05) is 0 Å². The largest absolute Gasteiger partial charge is 0.458 e. The van der Waals surface area contributed by atoms with Gasteiger partial charge in [0, 0.05) is 24.2 Å². The number of rotatable bonds is 0. The van der Waals surface area contributed by atoms with Crippen molar-refractivity contribution in [3.63, 3.8) is 0 Å². The van der Waals surface area contributed by atoms with Gasteiger partial charge >= 0.3 is 5.97 Å². The van der Waals surface area contributed by atoms with Crippen molar-refractivity contribution in [2.45, 2.75) is 83.7 Å². The van der Waals surface area contributed by atoms with Gasteiger partial charge in [0.1, 0.15) is 5.60 Å². The van der Waals surface area contributed by atoms with Gasteiger partial charge in [0.2, 0.25) is 0 Å². The van der Waals surface area contributed by atoms with Crippen LogP contribution < -0.4 is 0 Å². The number of carbonyl (C=O) groups is 2. The maximum Gasteiger partial charge on any atom is 0.306 e. The zero-order chi connectivity index (χ0) is 19.1. The van der Waals surface area contributed by atoms with Gasteiger partial charge in [-0.25, -0.2) is 0 Å². The number of ketones is 1. The first kappa shape index (κ1) is 16.7. The number of hydrogen-bond donors (Lipinski definition) is 0. The summed E-state index contributed by atoms with van der Waals surface area (Å²) in [4.78, 5) is 24.5. The summed E-state index contributed by atoms with van der Waals surface area (Å²) >= 11 is 0. The van der Waals surface area contributed by atoms with Gasteiger partial charge in [-0.05, 0) is 91.9 Å². The highest BCUT2D eigenvalue weighted by atomic mass is 16.6. The van der Waals surface area contributed by atoms with Crippen molar-refractivity contribution in [3.8, 4) is 0 Å². The molecule has 0 radical (unpaired) electrons. The van der Waals surface area contributed by atoms with Gasteiger partial charge in [0.05, 0.1) is 0 Å². The molecule has 7 rings (SSSR count). The van der Waals surface area contributed by atoms with Crippen molar-refractivity contribution in [1.82, 2.24) is 0 Å². The Balaban J connectivity index is 1.34. The van der Waals surface area contributed by atoms with E-state index in [0.29, 0.717) is 23.5 Å². The molecule has 0 N–H and O–H groups in total. The van der Waals surface area contributed by atoms with Crippen molar-refractivity contribution in [2.24, 2.45) is 45.8 Å². The van der Waals surface area contributed by atoms with Gasteiger partial charge in [0.25, 0.3) is 0 Å². The number of allylic oxidation sites excluding steroid dienone is 1. The van der Waals surface area contributed by atoms with Crippen LogP contribution in [0.15, 0.2) is 11.6 Å². The second-order valence-electron chi connectivity index (χ2n) is 12.0. The molecule has 5 saturated carbocycles. The molecule has 0 aromatic heterocycles. The molecule has 0 amide bonds. The van der Waals surface area contributed by atoms with Gasteiger partial charge in [-0.2, -0.15) is 0 Å². The molecule has 2 spiro atoms. The fourth-order valence-electron chi connectivity index (χ4n) is 9.98. The molecule has 1 saturated heterocycles. The molecule has 3 heteroatoms. The Morgan fingerprint density at radius 1 is 0.964 bits per heavy atom. The normalized spacial score (nSPS) is 57.2. The maximum absolute atomic E-state index is 12.3.